The van der Waals surface area contributed by atoms with Gasteiger partial charge in [0, 0.05) is 19.8 Å². The van der Waals surface area contributed by atoms with Crippen LogP contribution in [0.2, 0.25) is 0 Å². The summed E-state index contributed by atoms with van der Waals surface area (Å²) in [5, 5.41) is 0. The highest BCUT2D eigenvalue weighted by Gasteiger charge is 2.03. The van der Waals surface area contributed by atoms with Gasteiger partial charge in [0.1, 0.15) is 0 Å². The lowest BCUT2D eigenvalue weighted by atomic mass is 10.2. The zero-order valence-corrected chi connectivity index (χ0v) is 9.20. The van der Waals surface area contributed by atoms with Crippen molar-refractivity contribution < 1.29 is 0 Å². The third-order valence-corrected chi connectivity index (χ3v) is 2.79. The van der Waals surface area contributed by atoms with Crippen molar-refractivity contribution in [3.05, 3.63) is 24.5 Å². The molecule has 0 saturated carbocycles. The molecular formula is C10H13N3S. The van der Waals surface area contributed by atoms with Crippen LogP contribution in [0.3, 0.4) is 0 Å². The minimum absolute atomic E-state index is 0.707. The summed E-state index contributed by atoms with van der Waals surface area (Å²) in [7, 11) is 4.01. The molecule has 1 aromatic carbocycles. The molecule has 74 valence electrons. The van der Waals surface area contributed by atoms with Crippen molar-refractivity contribution in [1.29, 1.82) is 0 Å². The van der Waals surface area contributed by atoms with Crippen LogP contribution in [0.25, 0.3) is 11.0 Å². The standard InChI is InChI=1S/C10H13N3S/c1-12-6-11-9-5-8(13(2)7-14)3-4-10(9)12/h3-6,14H,7H2,1-2H3. The zero-order chi connectivity index (χ0) is 10.1. The van der Waals surface area contributed by atoms with E-state index in [1.165, 1.54) is 0 Å². The SMILES string of the molecule is CN(CS)c1ccc2c(c1)ncn2C. The van der Waals surface area contributed by atoms with E-state index in [1.807, 2.05) is 25.0 Å². The molecule has 0 aliphatic rings. The molecular weight excluding hydrogens is 194 g/mol. The third-order valence-electron chi connectivity index (χ3n) is 2.36. The second-order valence-corrected chi connectivity index (χ2v) is 3.65. The van der Waals surface area contributed by atoms with E-state index in [9.17, 15) is 0 Å². The summed E-state index contributed by atoms with van der Waals surface area (Å²) >= 11 is 4.23. The predicted octanol–water partition coefficient (Wildman–Crippen LogP) is 1.90. The number of fused-ring (bicyclic) bond motifs is 1. The summed E-state index contributed by atoms with van der Waals surface area (Å²) in [5.41, 5.74) is 3.33. The first kappa shape index (κ1) is 9.40. The van der Waals surface area contributed by atoms with Crippen molar-refractivity contribution in [2.75, 3.05) is 17.8 Å². The molecule has 0 aliphatic carbocycles. The van der Waals surface area contributed by atoms with Gasteiger partial charge in [-0.15, -0.1) is 0 Å². The molecule has 3 nitrogen and oxygen atoms in total. The van der Waals surface area contributed by atoms with Gasteiger partial charge < -0.3 is 9.47 Å². The van der Waals surface area contributed by atoms with Crippen molar-refractivity contribution in [1.82, 2.24) is 9.55 Å². The number of imidazole rings is 1. The van der Waals surface area contributed by atoms with Gasteiger partial charge in [-0.25, -0.2) is 4.98 Å². The Morgan fingerprint density at radius 1 is 1.50 bits per heavy atom. The molecule has 0 fully saturated rings. The fraction of sp³-hybridized carbons (Fsp3) is 0.300. The number of aromatic nitrogens is 2. The molecule has 0 saturated heterocycles. The molecule has 0 amide bonds. The maximum atomic E-state index is 4.31. The number of hydrogen-bond donors (Lipinski definition) is 1. The van der Waals surface area contributed by atoms with Crippen LogP contribution in [-0.4, -0.2) is 22.5 Å². The monoisotopic (exact) mass is 207 g/mol. The van der Waals surface area contributed by atoms with Gasteiger partial charge in [-0.2, -0.15) is 12.6 Å². The summed E-state index contributed by atoms with van der Waals surface area (Å²) in [6, 6.07) is 6.24. The lowest BCUT2D eigenvalue weighted by molar-refractivity contribution is 0.947. The highest BCUT2D eigenvalue weighted by Crippen LogP contribution is 2.19. The lowest BCUT2D eigenvalue weighted by Gasteiger charge is -2.15. The molecule has 1 heterocycles. The quantitative estimate of drug-likeness (QED) is 0.600. The summed E-state index contributed by atoms with van der Waals surface area (Å²) < 4.78 is 2.01. The fourth-order valence-electron chi connectivity index (χ4n) is 1.44. The molecule has 2 rings (SSSR count). The van der Waals surface area contributed by atoms with Gasteiger partial charge in [0.15, 0.2) is 0 Å². The zero-order valence-electron chi connectivity index (χ0n) is 8.31. The van der Waals surface area contributed by atoms with Crippen LogP contribution in [0.5, 0.6) is 0 Å². The molecule has 0 radical (unpaired) electrons. The fourth-order valence-corrected chi connectivity index (χ4v) is 1.61. The second-order valence-electron chi connectivity index (χ2n) is 3.37. The summed E-state index contributed by atoms with van der Waals surface area (Å²) in [4.78, 5) is 6.37. The Kier molecular flexibility index (Phi) is 2.37. The van der Waals surface area contributed by atoms with Gasteiger partial charge in [-0.05, 0) is 18.2 Å². The van der Waals surface area contributed by atoms with E-state index < -0.39 is 0 Å². The molecule has 2 aromatic rings. The second kappa shape index (κ2) is 3.53. The van der Waals surface area contributed by atoms with Gasteiger partial charge in [0.05, 0.1) is 23.2 Å². The van der Waals surface area contributed by atoms with E-state index >= 15 is 0 Å². The third kappa shape index (κ3) is 1.46. The van der Waals surface area contributed by atoms with Crippen LogP contribution in [0.1, 0.15) is 0 Å². The Hall–Kier alpha value is -1.16. The minimum Gasteiger partial charge on any atom is -0.366 e. The molecule has 0 atom stereocenters. The first-order valence-electron chi connectivity index (χ1n) is 4.45. The smallest absolute Gasteiger partial charge is 0.0955 e. The molecule has 0 unspecified atom stereocenters. The number of thiol groups is 1. The number of rotatable bonds is 2. The Balaban J connectivity index is 2.52. The van der Waals surface area contributed by atoms with Crippen LogP contribution in [0.4, 0.5) is 5.69 Å². The van der Waals surface area contributed by atoms with Crippen LogP contribution in [0.15, 0.2) is 24.5 Å². The van der Waals surface area contributed by atoms with Gasteiger partial charge in [-0.1, -0.05) is 0 Å². The molecule has 14 heavy (non-hydrogen) atoms. The van der Waals surface area contributed by atoms with Gasteiger partial charge in [0.2, 0.25) is 0 Å². The van der Waals surface area contributed by atoms with Crippen molar-refractivity contribution in [3.8, 4) is 0 Å². The van der Waals surface area contributed by atoms with Crippen LogP contribution in [0, 0.1) is 0 Å². The Morgan fingerprint density at radius 3 is 3.00 bits per heavy atom. The molecule has 1 aromatic heterocycles. The van der Waals surface area contributed by atoms with E-state index in [4.69, 9.17) is 0 Å². The topological polar surface area (TPSA) is 21.1 Å². The van der Waals surface area contributed by atoms with E-state index in [0.717, 1.165) is 16.7 Å². The lowest BCUT2D eigenvalue weighted by Crippen LogP contribution is -2.13. The maximum Gasteiger partial charge on any atom is 0.0955 e. The van der Waals surface area contributed by atoms with E-state index in [2.05, 4.69) is 40.7 Å². The number of aryl methyl sites for hydroxylation is 1. The largest absolute Gasteiger partial charge is 0.366 e. The van der Waals surface area contributed by atoms with Crippen molar-refractivity contribution in [3.63, 3.8) is 0 Å². The Morgan fingerprint density at radius 2 is 2.29 bits per heavy atom. The van der Waals surface area contributed by atoms with E-state index in [-0.39, 0.29) is 0 Å². The molecule has 0 aliphatic heterocycles. The number of benzene rings is 1. The number of hydrogen-bond acceptors (Lipinski definition) is 3. The van der Waals surface area contributed by atoms with Crippen molar-refractivity contribution in [2.24, 2.45) is 7.05 Å². The van der Waals surface area contributed by atoms with E-state index in [1.54, 1.807) is 0 Å². The highest BCUT2D eigenvalue weighted by molar-refractivity contribution is 7.80. The Labute approximate surface area is 88.8 Å². The van der Waals surface area contributed by atoms with Crippen LogP contribution < -0.4 is 4.90 Å². The Bertz CT molecular complexity index is 450. The minimum atomic E-state index is 0.707. The molecule has 0 spiro atoms. The first-order chi connectivity index (χ1) is 6.72. The van der Waals surface area contributed by atoms with Crippen LogP contribution in [-0.2, 0) is 7.05 Å². The van der Waals surface area contributed by atoms with Gasteiger partial charge >= 0.3 is 0 Å². The van der Waals surface area contributed by atoms with Gasteiger partial charge in [0.25, 0.3) is 0 Å². The molecule has 4 heteroatoms. The van der Waals surface area contributed by atoms with E-state index in [0.29, 0.717) is 5.88 Å². The molecule has 0 bridgehead atoms. The number of nitrogens with zero attached hydrogens (tertiary/aromatic N) is 3. The maximum absolute atomic E-state index is 4.31. The highest BCUT2D eigenvalue weighted by atomic mass is 32.1. The summed E-state index contributed by atoms with van der Waals surface area (Å²) in [6.45, 7) is 0. The predicted molar refractivity (Wildman–Crippen MR) is 63.0 cm³/mol. The summed E-state index contributed by atoms with van der Waals surface area (Å²) in [5.74, 6) is 0.707. The number of anilines is 1. The van der Waals surface area contributed by atoms with Crippen LogP contribution >= 0.6 is 12.6 Å². The average molecular weight is 207 g/mol. The van der Waals surface area contributed by atoms with Gasteiger partial charge in [-0.3, -0.25) is 0 Å². The van der Waals surface area contributed by atoms with Crippen molar-refractivity contribution >= 4 is 29.3 Å². The summed E-state index contributed by atoms with van der Waals surface area (Å²) in [6.07, 6.45) is 1.83. The normalized spacial score (nSPS) is 10.8. The van der Waals surface area contributed by atoms with Crippen molar-refractivity contribution in [2.45, 2.75) is 0 Å². The average Bonchev–Trinajstić information content (AvgIpc) is 2.59. The molecule has 0 N–H and O–H groups in total. The first-order valence-corrected chi connectivity index (χ1v) is 5.08.